The van der Waals surface area contributed by atoms with Gasteiger partial charge in [-0.15, -0.1) is 12.4 Å². The van der Waals surface area contributed by atoms with Gasteiger partial charge in [-0.05, 0) is 75.0 Å². The van der Waals surface area contributed by atoms with Crippen molar-refractivity contribution in [2.75, 3.05) is 6.54 Å². The van der Waals surface area contributed by atoms with Gasteiger partial charge >= 0.3 is 0 Å². The van der Waals surface area contributed by atoms with Gasteiger partial charge in [-0.3, -0.25) is 4.79 Å². The molecule has 0 aromatic heterocycles. The Morgan fingerprint density at radius 2 is 1.57 bits per heavy atom. The molecule has 1 amide bonds. The summed E-state index contributed by atoms with van der Waals surface area (Å²) in [6, 6.07) is 1.36. The van der Waals surface area contributed by atoms with E-state index in [0.29, 0.717) is 18.0 Å². The monoisotopic (exact) mass is 338 g/mol. The smallest absolute Gasteiger partial charge is 0.239 e. The van der Waals surface area contributed by atoms with Crippen LogP contribution in [0.2, 0.25) is 0 Å². The summed E-state index contributed by atoms with van der Waals surface area (Å²) in [7, 11) is 0. The zero-order valence-electron chi connectivity index (χ0n) is 14.1. The number of carbonyl (C=O) groups is 1. The molecule has 3 nitrogen and oxygen atoms in total. The molecule has 6 rings (SSSR count). The Kier molecular flexibility index (Phi) is 4.38. The highest BCUT2D eigenvalue weighted by atomic mass is 35.5. The molecule has 6 fully saturated rings. The number of nitrogens with zero attached hydrogens (tertiary/aromatic N) is 1. The lowest BCUT2D eigenvalue weighted by Crippen LogP contribution is -2.50. The molecule has 3 aliphatic carbocycles. The van der Waals surface area contributed by atoms with E-state index in [1.54, 1.807) is 0 Å². The maximum Gasteiger partial charge on any atom is 0.239 e. The third-order valence-electron chi connectivity index (χ3n) is 7.55. The van der Waals surface area contributed by atoms with Crippen LogP contribution in [0.25, 0.3) is 0 Å². The van der Waals surface area contributed by atoms with Crippen molar-refractivity contribution in [2.45, 2.75) is 82.3 Å². The van der Waals surface area contributed by atoms with E-state index in [1.807, 2.05) is 0 Å². The normalized spacial score (nSPS) is 47.8. The fraction of sp³-hybridized carbons (Fsp3) is 0.947. The lowest BCUT2D eigenvalue weighted by molar-refractivity contribution is -0.136. The number of fused-ring (bicyclic) bond motifs is 2. The minimum Gasteiger partial charge on any atom is -0.338 e. The first kappa shape index (κ1) is 16.2. The first-order chi connectivity index (χ1) is 10.8. The zero-order valence-corrected chi connectivity index (χ0v) is 14.9. The second kappa shape index (κ2) is 6.22. The van der Waals surface area contributed by atoms with Crippen LogP contribution in [0, 0.1) is 23.7 Å². The zero-order chi connectivity index (χ0) is 14.7. The summed E-state index contributed by atoms with van der Waals surface area (Å²) < 4.78 is 0. The molecule has 23 heavy (non-hydrogen) atoms. The molecule has 4 heteroatoms. The van der Waals surface area contributed by atoms with Gasteiger partial charge in [0.2, 0.25) is 5.91 Å². The van der Waals surface area contributed by atoms with Crippen molar-refractivity contribution < 1.29 is 4.79 Å². The average Bonchev–Trinajstić information content (AvgIpc) is 2.85. The maximum atomic E-state index is 13.2. The highest BCUT2D eigenvalue weighted by molar-refractivity contribution is 5.85. The lowest BCUT2D eigenvalue weighted by atomic mass is 9.68. The van der Waals surface area contributed by atoms with Crippen LogP contribution in [0.4, 0.5) is 0 Å². The van der Waals surface area contributed by atoms with E-state index < -0.39 is 0 Å². The molecular weight excluding hydrogens is 308 g/mol. The third kappa shape index (κ3) is 2.82. The van der Waals surface area contributed by atoms with Gasteiger partial charge in [0.25, 0.3) is 0 Å². The molecule has 5 atom stereocenters. The molecule has 4 bridgehead atoms. The fourth-order valence-corrected chi connectivity index (χ4v) is 6.76. The van der Waals surface area contributed by atoms with E-state index in [0.717, 1.165) is 36.6 Å². The van der Waals surface area contributed by atoms with Crippen LogP contribution < -0.4 is 5.32 Å². The summed E-state index contributed by atoms with van der Waals surface area (Å²) in [4.78, 5) is 15.6. The Labute approximate surface area is 146 Å². The maximum absolute atomic E-state index is 13.2. The topological polar surface area (TPSA) is 32.3 Å². The Balaban J connectivity index is 0.00000135. The van der Waals surface area contributed by atoms with Crippen LogP contribution in [0.5, 0.6) is 0 Å². The summed E-state index contributed by atoms with van der Waals surface area (Å²) in [5, 5.41) is 3.72. The van der Waals surface area contributed by atoms with Gasteiger partial charge in [-0.1, -0.05) is 12.8 Å². The van der Waals surface area contributed by atoms with Gasteiger partial charge < -0.3 is 10.2 Å². The molecule has 3 saturated carbocycles. The second-order valence-electron chi connectivity index (χ2n) is 9.03. The molecule has 130 valence electrons. The van der Waals surface area contributed by atoms with Crippen LogP contribution >= 0.6 is 12.4 Å². The predicted octanol–water partition coefficient (Wildman–Crippen LogP) is 3.37. The predicted molar refractivity (Wildman–Crippen MR) is 93.6 cm³/mol. The number of hydrogen-bond donors (Lipinski definition) is 1. The molecule has 6 aliphatic rings. The number of halogens is 1. The van der Waals surface area contributed by atoms with Crippen molar-refractivity contribution >= 4 is 18.3 Å². The number of amides is 1. The van der Waals surface area contributed by atoms with E-state index in [-0.39, 0.29) is 18.4 Å². The summed E-state index contributed by atoms with van der Waals surface area (Å²) in [5.74, 6) is 3.91. The van der Waals surface area contributed by atoms with Gasteiger partial charge in [-0.25, -0.2) is 0 Å². The van der Waals surface area contributed by atoms with E-state index in [1.165, 1.54) is 57.8 Å². The van der Waals surface area contributed by atoms with Crippen LogP contribution in [-0.4, -0.2) is 35.5 Å². The van der Waals surface area contributed by atoms with E-state index in [4.69, 9.17) is 0 Å². The summed E-state index contributed by atoms with van der Waals surface area (Å²) in [5.41, 5.74) is 0. The minimum absolute atomic E-state index is 0. The molecule has 0 spiro atoms. The number of nitrogens with one attached hydrogen (secondary N) is 1. The Bertz CT molecular complexity index is 442. The number of carbonyl (C=O) groups excluding carboxylic acids is 1. The molecule has 3 aliphatic heterocycles. The van der Waals surface area contributed by atoms with Gasteiger partial charge in [0.05, 0.1) is 6.04 Å². The van der Waals surface area contributed by atoms with Gasteiger partial charge in [0, 0.05) is 18.6 Å². The minimum atomic E-state index is 0. The van der Waals surface area contributed by atoms with E-state index in [2.05, 4.69) is 10.2 Å². The molecule has 3 heterocycles. The molecular formula is C19H31ClN2O. The first-order valence-corrected chi connectivity index (χ1v) is 9.83. The highest BCUT2D eigenvalue weighted by Crippen LogP contribution is 2.48. The van der Waals surface area contributed by atoms with E-state index >= 15 is 0 Å². The lowest BCUT2D eigenvalue weighted by Gasteiger charge is -2.39. The van der Waals surface area contributed by atoms with Gasteiger partial charge in [0.1, 0.15) is 0 Å². The Morgan fingerprint density at radius 3 is 2.30 bits per heavy atom. The number of hydrogen-bond acceptors (Lipinski definition) is 2. The number of rotatable bonds is 1. The highest BCUT2D eigenvalue weighted by Gasteiger charge is 2.47. The van der Waals surface area contributed by atoms with E-state index in [9.17, 15) is 4.79 Å². The molecule has 5 unspecified atom stereocenters. The van der Waals surface area contributed by atoms with Gasteiger partial charge in [-0.2, -0.15) is 0 Å². The molecule has 1 N–H and O–H groups in total. The van der Waals surface area contributed by atoms with Crippen LogP contribution in [0.15, 0.2) is 0 Å². The molecule has 3 saturated heterocycles. The van der Waals surface area contributed by atoms with Crippen molar-refractivity contribution in [3.63, 3.8) is 0 Å². The SMILES string of the molecule is Cl.O=C(C1CC2CCCCC2N1)N1CC2CC3CC(C2)CC1C3. The Hall–Kier alpha value is -0.280. The van der Waals surface area contributed by atoms with Gasteiger partial charge in [0.15, 0.2) is 0 Å². The van der Waals surface area contributed by atoms with Crippen molar-refractivity contribution in [2.24, 2.45) is 23.7 Å². The van der Waals surface area contributed by atoms with Crippen LogP contribution in [0.1, 0.15) is 64.2 Å². The largest absolute Gasteiger partial charge is 0.338 e. The summed E-state index contributed by atoms with van der Waals surface area (Å²) in [6.45, 7) is 1.07. The Morgan fingerprint density at radius 1 is 0.870 bits per heavy atom. The van der Waals surface area contributed by atoms with Crippen molar-refractivity contribution in [3.8, 4) is 0 Å². The van der Waals surface area contributed by atoms with Crippen LogP contribution in [0.3, 0.4) is 0 Å². The van der Waals surface area contributed by atoms with Crippen molar-refractivity contribution in [1.82, 2.24) is 10.2 Å². The third-order valence-corrected chi connectivity index (χ3v) is 7.55. The van der Waals surface area contributed by atoms with Crippen molar-refractivity contribution in [3.05, 3.63) is 0 Å². The summed E-state index contributed by atoms with van der Waals surface area (Å²) in [6.07, 6.45) is 13.4. The first-order valence-electron chi connectivity index (χ1n) is 9.83. The van der Waals surface area contributed by atoms with Crippen LogP contribution in [-0.2, 0) is 4.79 Å². The average molecular weight is 339 g/mol. The standard InChI is InChI=1S/C19H30N2O.ClH/c22-19(18-10-15-3-1-2-4-17(15)20-18)21-11-14-6-12-5-13(7-14)9-16(21)8-12;/h12-18,20H,1-11H2;1H. The molecule has 0 aromatic rings. The van der Waals surface area contributed by atoms with Crippen molar-refractivity contribution in [1.29, 1.82) is 0 Å². The molecule has 0 radical (unpaired) electrons. The second-order valence-corrected chi connectivity index (χ2v) is 9.03. The fourth-order valence-electron chi connectivity index (χ4n) is 6.76. The quantitative estimate of drug-likeness (QED) is 0.795. The molecule has 0 aromatic carbocycles. The summed E-state index contributed by atoms with van der Waals surface area (Å²) >= 11 is 0.